The fraction of sp³-hybridized carbons (Fsp3) is 0.333. The summed E-state index contributed by atoms with van der Waals surface area (Å²) in [4.78, 5) is 1.37. The second kappa shape index (κ2) is 5.88. The highest BCUT2D eigenvalue weighted by Gasteiger charge is 2.22. The molecule has 0 radical (unpaired) electrons. The summed E-state index contributed by atoms with van der Waals surface area (Å²) in [7, 11) is 0. The second-order valence-electron chi connectivity index (χ2n) is 4.82. The minimum absolute atomic E-state index is 0.381. The Hall–Kier alpha value is -0.480. The third-order valence-electron chi connectivity index (χ3n) is 3.51. The highest BCUT2D eigenvalue weighted by Crippen LogP contribution is 2.38. The number of thioether (sulfide) groups is 1. The van der Waals surface area contributed by atoms with Crippen molar-refractivity contribution in [3.8, 4) is 0 Å². The van der Waals surface area contributed by atoms with Crippen LogP contribution >= 0.6 is 34.7 Å². The lowest BCUT2D eigenvalue weighted by molar-refractivity contribution is 0.451. The lowest BCUT2D eigenvalue weighted by Crippen LogP contribution is -2.27. The van der Waals surface area contributed by atoms with E-state index in [0.29, 0.717) is 12.1 Å². The van der Waals surface area contributed by atoms with Crippen LogP contribution in [0, 0.1) is 0 Å². The minimum atomic E-state index is 0.381. The Bertz CT molecular complexity index is 553. The fourth-order valence-corrected chi connectivity index (χ4v) is 4.50. The van der Waals surface area contributed by atoms with Crippen LogP contribution in [0.1, 0.15) is 36.6 Å². The van der Waals surface area contributed by atoms with E-state index in [9.17, 15) is 0 Å². The molecule has 1 N–H and O–H groups in total. The van der Waals surface area contributed by atoms with Crippen LogP contribution in [-0.2, 0) is 0 Å². The highest BCUT2D eigenvalue weighted by molar-refractivity contribution is 7.99. The number of hydrogen-bond acceptors (Lipinski definition) is 3. The smallest absolute Gasteiger partial charge is 0.0410 e. The third-order valence-corrected chi connectivity index (χ3v) is 5.56. The molecule has 4 heteroatoms. The van der Waals surface area contributed by atoms with E-state index < -0.39 is 0 Å². The summed E-state index contributed by atoms with van der Waals surface area (Å²) in [6.07, 6.45) is 1.16. The van der Waals surface area contributed by atoms with Crippen LogP contribution in [0.25, 0.3) is 0 Å². The van der Waals surface area contributed by atoms with Crippen molar-refractivity contribution in [2.24, 2.45) is 0 Å². The standard InChI is InChI=1S/C15H16ClNS2/c1-10(11-4-6-18-9-11)17-14-5-7-19-15-3-2-12(16)8-13(14)15/h2-4,6,8-10,14,17H,5,7H2,1H3. The molecule has 2 aromatic rings. The first-order valence-corrected chi connectivity index (χ1v) is 8.75. The molecule has 3 rings (SSSR count). The van der Waals surface area contributed by atoms with Gasteiger partial charge in [0, 0.05) is 22.0 Å². The van der Waals surface area contributed by atoms with Crippen LogP contribution in [0.4, 0.5) is 0 Å². The van der Waals surface area contributed by atoms with E-state index in [0.717, 1.165) is 11.4 Å². The second-order valence-corrected chi connectivity index (χ2v) is 7.17. The highest BCUT2D eigenvalue weighted by atomic mass is 35.5. The van der Waals surface area contributed by atoms with E-state index in [1.165, 1.54) is 21.8 Å². The van der Waals surface area contributed by atoms with Crippen LogP contribution in [0.2, 0.25) is 5.02 Å². The lowest BCUT2D eigenvalue weighted by atomic mass is 10.0. The average molecular weight is 310 g/mol. The summed E-state index contributed by atoms with van der Waals surface area (Å²) in [5.41, 5.74) is 2.72. The molecule has 19 heavy (non-hydrogen) atoms. The molecule has 1 aromatic carbocycles. The maximum Gasteiger partial charge on any atom is 0.0410 e. The van der Waals surface area contributed by atoms with Crippen molar-refractivity contribution in [2.45, 2.75) is 30.3 Å². The van der Waals surface area contributed by atoms with Gasteiger partial charge in [-0.25, -0.2) is 0 Å². The van der Waals surface area contributed by atoms with Crippen LogP contribution < -0.4 is 5.32 Å². The SMILES string of the molecule is CC(NC1CCSc2ccc(Cl)cc21)c1ccsc1. The Morgan fingerprint density at radius 2 is 2.26 bits per heavy atom. The summed E-state index contributed by atoms with van der Waals surface area (Å²) in [5, 5.41) is 8.92. The summed E-state index contributed by atoms with van der Waals surface area (Å²) in [6, 6.07) is 9.22. The zero-order valence-corrected chi connectivity index (χ0v) is 13.1. The van der Waals surface area contributed by atoms with Crippen molar-refractivity contribution in [1.82, 2.24) is 5.32 Å². The van der Waals surface area contributed by atoms with E-state index >= 15 is 0 Å². The number of thiophene rings is 1. The van der Waals surface area contributed by atoms with Gasteiger partial charge in [0.1, 0.15) is 0 Å². The lowest BCUT2D eigenvalue weighted by Gasteiger charge is -2.29. The van der Waals surface area contributed by atoms with Crippen molar-refractivity contribution in [1.29, 1.82) is 0 Å². The Labute approximate surface area is 127 Å². The molecule has 2 heterocycles. The van der Waals surface area contributed by atoms with Crippen LogP contribution in [-0.4, -0.2) is 5.75 Å². The molecule has 0 saturated carbocycles. The summed E-state index contributed by atoms with van der Waals surface area (Å²) in [5.74, 6) is 1.17. The monoisotopic (exact) mass is 309 g/mol. The molecule has 1 nitrogen and oxygen atoms in total. The van der Waals surface area contributed by atoms with Crippen molar-refractivity contribution >= 4 is 34.7 Å². The van der Waals surface area contributed by atoms with E-state index in [2.05, 4.69) is 41.2 Å². The Morgan fingerprint density at radius 1 is 1.37 bits per heavy atom. The van der Waals surface area contributed by atoms with E-state index in [4.69, 9.17) is 11.6 Å². The van der Waals surface area contributed by atoms with Gasteiger partial charge in [-0.3, -0.25) is 0 Å². The van der Waals surface area contributed by atoms with Gasteiger partial charge in [-0.2, -0.15) is 11.3 Å². The maximum absolute atomic E-state index is 6.14. The van der Waals surface area contributed by atoms with Gasteiger partial charge in [0.15, 0.2) is 0 Å². The third kappa shape index (κ3) is 3.00. The number of halogens is 1. The quantitative estimate of drug-likeness (QED) is 0.827. The van der Waals surface area contributed by atoms with Gasteiger partial charge in [-0.05, 0) is 65.2 Å². The topological polar surface area (TPSA) is 12.0 Å². The van der Waals surface area contributed by atoms with E-state index in [1.54, 1.807) is 11.3 Å². The van der Waals surface area contributed by atoms with Gasteiger partial charge in [0.25, 0.3) is 0 Å². The summed E-state index contributed by atoms with van der Waals surface area (Å²) < 4.78 is 0. The number of hydrogen-bond donors (Lipinski definition) is 1. The van der Waals surface area contributed by atoms with Crippen molar-refractivity contribution in [3.05, 3.63) is 51.2 Å². The van der Waals surface area contributed by atoms with Gasteiger partial charge in [0.2, 0.25) is 0 Å². The fourth-order valence-electron chi connectivity index (χ4n) is 2.46. The molecule has 0 fully saturated rings. The maximum atomic E-state index is 6.14. The number of benzene rings is 1. The van der Waals surface area contributed by atoms with Crippen molar-refractivity contribution in [2.75, 3.05) is 5.75 Å². The molecule has 0 amide bonds. The van der Waals surface area contributed by atoms with Gasteiger partial charge in [-0.1, -0.05) is 11.6 Å². The van der Waals surface area contributed by atoms with Crippen molar-refractivity contribution in [3.63, 3.8) is 0 Å². The van der Waals surface area contributed by atoms with Crippen LogP contribution in [0.5, 0.6) is 0 Å². The normalized spacial score (nSPS) is 20.0. The minimum Gasteiger partial charge on any atom is -0.303 e. The molecule has 0 saturated heterocycles. The molecule has 2 unspecified atom stereocenters. The first-order chi connectivity index (χ1) is 9.24. The largest absolute Gasteiger partial charge is 0.303 e. The van der Waals surface area contributed by atoms with Crippen molar-refractivity contribution < 1.29 is 0 Å². The molecule has 1 aliphatic rings. The predicted molar refractivity (Wildman–Crippen MR) is 85.4 cm³/mol. The van der Waals surface area contributed by atoms with Crippen LogP contribution in [0.3, 0.4) is 0 Å². The Kier molecular flexibility index (Phi) is 4.18. The molecule has 0 aliphatic carbocycles. The first-order valence-electron chi connectivity index (χ1n) is 6.44. The zero-order chi connectivity index (χ0) is 13.2. The van der Waals surface area contributed by atoms with Gasteiger partial charge < -0.3 is 5.32 Å². The van der Waals surface area contributed by atoms with Crippen LogP contribution in [0.15, 0.2) is 39.9 Å². The molecular weight excluding hydrogens is 294 g/mol. The zero-order valence-electron chi connectivity index (χ0n) is 10.7. The Balaban J connectivity index is 1.81. The predicted octanol–water partition coefficient (Wildman–Crippen LogP) is 5.29. The molecule has 2 atom stereocenters. The molecule has 100 valence electrons. The van der Waals surface area contributed by atoms with E-state index in [-0.39, 0.29) is 0 Å². The number of nitrogens with one attached hydrogen (secondary N) is 1. The summed E-state index contributed by atoms with van der Waals surface area (Å²) >= 11 is 9.82. The number of fused-ring (bicyclic) bond motifs is 1. The summed E-state index contributed by atoms with van der Waals surface area (Å²) in [6.45, 7) is 2.23. The van der Waals surface area contributed by atoms with Gasteiger partial charge in [-0.15, -0.1) is 11.8 Å². The molecule has 1 aromatic heterocycles. The van der Waals surface area contributed by atoms with Gasteiger partial charge in [0.05, 0.1) is 0 Å². The number of rotatable bonds is 3. The Morgan fingerprint density at radius 3 is 3.05 bits per heavy atom. The molecule has 1 aliphatic heterocycles. The average Bonchev–Trinajstić information content (AvgIpc) is 2.93. The molecule has 0 spiro atoms. The first kappa shape index (κ1) is 13.5. The van der Waals surface area contributed by atoms with E-state index in [1.807, 2.05) is 17.8 Å². The molecule has 0 bridgehead atoms. The molecular formula is C15H16ClNS2. The van der Waals surface area contributed by atoms with Gasteiger partial charge >= 0.3 is 0 Å².